The zero-order chi connectivity index (χ0) is 11.8. The van der Waals surface area contributed by atoms with Crippen molar-refractivity contribution in [3.63, 3.8) is 0 Å². The van der Waals surface area contributed by atoms with Crippen LogP contribution in [0, 0.1) is 17.8 Å². The summed E-state index contributed by atoms with van der Waals surface area (Å²) in [4.78, 5) is 0. The van der Waals surface area contributed by atoms with Crippen LogP contribution in [-0.2, 0) is 10.0 Å². The zero-order valence-electron chi connectivity index (χ0n) is 9.65. The Hall–Kier alpha value is 0.200. The molecule has 0 aromatic rings. The Morgan fingerprint density at radius 1 is 1.38 bits per heavy atom. The van der Waals surface area contributed by atoms with Crippen molar-refractivity contribution in [2.24, 2.45) is 17.8 Å². The fourth-order valence-corrected chi connectivity index (χ4v) is 5.04. The van der Waals surface area contributed by atoms with Gasteiger partial charge in [-0.05, 0) is 37.0 Å². The molecular formula is C11H20ClNO2S. The molecule has 5 heteroatoms. The summed E-state index contributed by atoms with van der Waals surface area (Å²) in [6, 6.07) is 0.200. The number of nitrogens with one attached hydrogen (secondary N) is 1. The number of alkyl halides is 1. The summed E-state index contributed by atoms with van der Waals surface area (Å²) in [6.45, 7) is 1.87. The van der Waals surface area contributed by atoms with Gasteiger partial charge in [0.25, 0.3) is 0 Å². The molecule has 1 N–H and O–H groups in total. The highest BCUT2D eigenvalue weighted by Gasteiger charge is 2.41. The predicted octanol–water partition coefficient (Wildman–Crippen LogP) is 1.97. The minimum absolute atomic E-state index is 0.0257. The van der Waals surface area contributed by atoms with Crippen LogP contribution in [0.15, 0.2) is 0 Å². The first kappa shape index (κ1) is 12.7. The van der Waals surface area contributed by atoms with Crippen molar-refractivity contribution in [2.75, 3.05) is 11.6 Å². The van der Waals surface area contributed by atoms with E-state index in [-0.39, 0.29) is 17.7 Å². The van der Waals surface area contributed by atoms with Gasteiger partial charge in [-0.3, -0.25) is 0 Å². The van der Waals surface area contributed by atoms with E-state index in [1.165, 1.54) is 19.3 Å². The van der Waals surface area contributed by atoms with Crippen LogP contribution in [0.4, 0.5) is 0 Å². The zero-order valence-corrected chi connectivity index (χ0v) is 11.2. The van der Waals surface area contributed by atoms with E-state index >= 15 is 0 Å². The lowest BCUT2D eigenvalue weighted by molar-refractivity contribution is 0.389. The molecule has 2 rings (SSSR count). The molecule has 0 radical (unpaired) electrons. The van der Waals surface area contributed by atoms with Crippen molar-refractivity contribution in [1.82, 2.24) is 4.72 Å². The topological polar surface area (TPSA) is 46.2 Å². The van der Waals surface area contributed by atoms with E-state index in [2.05, 4.69) is 4.72 Å². The highest BCUT2D eigenvalue weighted by atomic mass is 35.5. The second kappa shape index (κ2) is 4.83. The molecule has 0 aromatic heterocycles. The van der Waals surface area contributed by atoms with E-state index in [0.717, 1.165) is 12.3 Å². The van der Waals surface area contributed by atoms with Gasteiger partial charge in [-0.25, -0.2) is 13.1 Å². The third-order valence-electron chi connectivity index (χ3n) is 3.84. The quantitative estimate of drug-likeness (QED) is 0.773. The van der Waals surface area contributed by atoms with Crippen LogP contribution >= 0.6 is 11.6 Å². The maximum absolute atomic E-state index is 11.9. The predicted molar refractivity (Wildman–Crippen MR) is 66.0 cm³/mol. The molecule has 0 aromatic carbocycles. The second-order valence-electron chi connectivity index (χ2n) is 5.44. The molecule has 2 aliphatic carbocycles. The smallest absolute Gasteiger partial charge is 0.212 e. The standard InChI is InChI=1S/C11H20ClNO2S/c1-8(6-12)7-16(14,15)13-11-5-9-2-3-10(11)4-9/h8-11,13H,2-7H2,1H3. The van der Waals surface area contributed by atoms with Crippen LogP contribution in [0.1, 0.15) is 32.6 Å². The molecule has 94 valence electrons. The van der Waals surface area contributed by atoms with E-state index in [0.29, 0.717) is 11.8 Å². The summed E-state index contributed by atoms with van der Waals surface area (Å²) in [6.07, 6.45) is 4.75. The number of rotatable bonds is 5. The first-order valence-electron chi connectivity index (χ1n) is 6.06. The van der Waals surface area contributed by atoms with Gasteiger partial charge in [0.1, 0.15) is 0 Å². The van der Waals surface area contributed by atoms with Crippen molar-refractivity contribution in [2.45, 2.75) is 38.6 Å². The van der Waals surface area contributed by atoms with Gasteiger partial charge in [-0.2, -0.15) is 0 Å². The summed E-state index contributed by atoms with van der Waals surface area (Å²) >= 11 is 5.65. The average Bonchev–Trinajstić information content (AvgIpc) is 2.77. The van der Waals surface area contributed by atoms with Gasteiger partial charge in [0.2, 0.25) is 10.0 Å². The molecule has 0 amide bonds. The summed E-state index contributed by atoms with van der Waals surface area (Å²) in [7, 11) is -3.13. The van der Waals surface area contributed by atoms with Crippen LogP contribution in [0.5, 0.6) is 0 Å². The molecule has 4 unspecified atom stereocenters. The highest BCUT2D eigenvalue weighted by molar-refractivity contribution is 7.89. The van der Waals surface area contributed by atoms with Crippen LogP contribution in [0.2, 0.25) is 0 Å². The van der Waals surface area contributed by atoms with Crippen LogP contribution in [-0.4, -0.2) is 26.1 Å². The fraction of sp³-hybridized carbons (Fsp3) is 1.00. The molecule has 4 atom stereocenters. The molecule has 2 aliphatic rings. The summed E-state index contributed by atoms with van der Waals surface area (Å²) in [5.41, 5.74) is 0. The highest BCUT2D eigenvalue weighted by Crippen LogP contribution is 2.44. The van der Waals surface area contributed by atoms with E-state index in [1.807, 2.05) is 6.92 Å². The van der Waals surface area contributed by atoms with Gasteiger partial charge >= 0.3 is 0 Å². The third-order valence-corrected chi connectivity index (χ3v) is 6.03. The summed E-state index contributed by atoms with van der Waals surface area (Å²) in [5, 5.41) is 0. The number of fused-ring (bicyclic) bond motifs is 2. The van der Waals surface area contributed by atoms with Crippen LogP contribution in [0.3, 0.4) is 0 Å². The van der Waals surface area contributed by atoms with Gasteiger partial charge in [0.15, 0.2) is 0 Å². The Morgan fingerprint density at radius 3 is 2.62 bits per heavy atom. The summed E-state index contributed by atoms with van der Waals surface area (Å²) in [5.74, 6) is 1.94. The normalized spacial score (nSPS) is 35.5. The number of hydrogen-bond acceptors (Lipinski definition) is 2. The molecule has 3 nitrogen and oxygen atoms in total. The van der Waals surface area contributed by atoms with Crippen molar-refractivity contribution < 1.29 is 8.42 Å². The van der Waals surface area contributed by atoms with Crippen LogP contribution < -0.4 is 4.72 Å². The molecule has 16 heavy (non-hydrogen) atoms. The van der Waals surface area contributed by atoms with E-state index in [1.54, 1.807) is 0 Å². The maximum atomic E-state index is 11.9. The Bertz CT molecular complexity index is 344. The third kappa shape index (κ3) is 2.90. The summed E-state index contributed by atoms with van der Waals surface area (Å²) < 4.78 is 26.6. The molecule has 0 spiro atoms. The van der Waals surface area contributed by atoms with E-state index in [9.17, 15) is 8.42 Å². The Balaban J connectivity index is 1.89. The van der Waals surface area contributed by atoms with E-state index < -0.39 is 10.0 Å². The minimum atomic E-state index is -3.13. The first-order chi connectivity index (χ1) is 7.50. The van der Waals surface area contributed by atoms with Crippen molar-refractivity contribution in [3.05, 3.63) is 0 Å². The maximum Gasteiger partial charge on any atom is 0.212 e. The molecule has 0 aliphatic heterocycles. The molecule has 0 saturated heterocycles. The van der Waals surface area contributed by atoms with Gasteiger partial charge in [-0.1, -0.05) is 13.3 Å². The van der Waals surface area contributed by atoms with Gasteiger partial charge in [-0.15, -0.1) is 11.6 Å². The second-order valence-corrected chi connectivity index (χ2v) is 7.55. The molecular weight excluding hydrogens is 246 g/mol. The molecule has 2 bridgehead atoms. The first-order valence-corrected chi connectivity index (χ1v) is 8.25. The number of halogens is 1. The largest absolute Gasteiger partial charge is 0.212 e. The Kier molecular flexibility index (Phi) is 3.82. The van der Waals surface area contributed by atoms with Crippen molar-refractivity contribution in [3.8, 4) is 0 Å². The van der Waals surface area contributed by atoms with Crippen molar-refractivity contribution in [1.29, 1.82) is 0 Å². The lowest BCUT2D eigenvalue weighted by Gasteiger charge is -2.23. The average molecular weight is 266 g/mol. The SMILES string of the molecule is CC(CCl)CS(=O)(=O)NC1CC2CCC1C2. The number of hydrogen-bond donors (Lipinski definition) is 1. The van der Waals surface area contributed by atoms with Gasteiger partial charge < -0.3 is 0 Å². The van der Waals surface area contributed by atoms with Gasteiger partial charge in [0, 0.05) is 11.9 Å². The fourth-order valence-electron chi connectivity index (χ4n) is 3.09. The van der Waals surface area contributed by atoms with E-state index in [4.69, 9.17) is 11.6 Å². The monoisotopic (exact) mass is 265 g/mol. The van der Waals surface area contributed by atoms with Crippen molar-refractivity contribution >= 4 is 21.6 Å². The lowest BCUT2D eigenvalue weighted by atomic mass is 9.96. The van der Waals surface area contributed by atoms with Gasteiger partial charge in [0.05, 0.1) is 5.75 Å². The van der Waals surface area contributed by atoms with Crippen LogP contribution in [0.25, 0.3) is 0 Å². The Morgan fingerprint density at radius 2 is 2.12 bits per heavy atom. The molecule has 2 fully saturated rings. The molecule has 0 heterocycles. The number of sulfonamides is 1. The lowest BCUT2D eigenvalue weighted by Crippen LogP contribution is -2.40. The molecule has 2 saturated carbocycles. The minimum Gasteiger partial charge on any atom is -0.212 e. The Labute approximate surface area is 103 Å².